The summed E-state index contributed by atoms with van der Waals surface area (Å²) in [5, 5.41) is 0.596. The van der Waals surface area contributed by atoms with E-state index >= 15 is 0 Å². The second kappa shape index (κ2) is 6.43. The van der Waals surface area contributed by atoms with Crippen LogP contribution in [-0.2, 0) is 10.0 Å². The normalized spacial score (nSPS) is 16.4. The number of likely N-dealkylation sites (N-methyl/N-ethyl adjacent to an activating group) is 1. The number of hydrogen-bond acceptors (Lipinski definition) is 5. The van der Waals surface area contributed by atoms with Gasteiger partial charge in [0.15, 0.2) is 0 Å². The average Bonchev–Trinajstić information content (AvgIpc) is 3.05. The first kappa shape index (κ1) is 16.2. The molecule has 2 aromatic rings. The van der Waals surface area contributed by atoms with Gasteiger partial charge in [-0.15, -0.1) is 0 Å². The summed E-state index contributed by atoms with van der Waals surface area (Å²) in [6, 6.07) is 7.41. The Hall–Kier alpha value is -1.70. The summed E-state index contributed by atoms with van der Waals surface area (Å²) in [4.78, 5) is 13.7. The lowest BCUT2D eigenvalue weighted by Gasteiger charge is -2.21. The summed E-state index contributed by atoms with van der Waals surface area (Å²) in [6.45, 7) is 3.30. The number of benzene rings is 1. The molecule has 0 spiro atoms. The van der Waals surface area contributed by atoms with E-state index in [4.69, 9.17) is 4.42 Å². The maximum atomic E-state index is 12.7. The van der Waals surface area contributed by atoms with Crippen molar-refractivity contribution >= 4 is 21.0 Å². The Morgan fingerprint density at radius 3 is 2.65 bits per heavy atom. The smallest absolute Gasteiger partial charge is 0.336 e. The summed E-state index contributed by atoms with van der Waals surface area (Å²) < 4.78 is 31.7. The molecule has 7 heteroatoms. The Balaban J connectivity index is 1.80. The molecule has 3 rings (SSSR count). The summed E-state index contributed by atoms with van der Waals surface area (Å²) in [7, 11) is -1.95. The SMILES string of the molecule is CN(CCN1CCCC1)S(=O)(=O)c1ccc2oc(=O)ccc2c1. The first-order valence-corrected chi connectivity index (χ1v) is 9.13. The number of likely N-dealkylation sites (tertiary alicyclic amines) is 1. The van der Waals surface area contributed by atoms with E-state index in [2.05, 4.69) is 4.90 Å². The van der Waals surface area contributed by atoms with Crippen molar-refractivity contribution in [3.05, 3.63) is 40.8 Å². The zero-order chi connectivity index (χ0) is 16.4. The van der Waals surface area contributed by atoms with E-state index in [9.17, 15) is 13.2 Å². The zero-order valence-corrected chi connectivity index (χ0v) is 13.9. The van der Waals surface area contributed by atoms with Crippen LogP contribution in [0.4, 0.5) is 0 Å². The molecule has 1 saturated heterocycles. The minimum absolute atomic E-state index is 0.211. The molecule has 0 bridgehead atoms. The lowest BCUT2D eigenvalue weighted by molar-refractivity contribution is 0.310. The van der Waals surface area contributed by atoms with Crippen LogP contribution in [0, 0.1) is 0 Å². The van der Waals surface area contributed by atoms with Crippen LogP contribution >= 0.6 is 0 Å². The summed E-state index contributed by atoms with van der Waals surface area (Å²) in [5.41, 5.74) is -0.0630. The molecule has 2 heterocycles. The molecule has 124 valence electrons. The van der Waals surface area contributed by atoms with E-state index < -0.39 is 15.6 Å². The van der Waals surface area contributed by atoms with E-state index in [0.717, 1.165) is 19.6 Å². The number of rotatable bonds is 5. The Morgan fingerprint density at radius 1 is 1.17 bits per heavy atom. The number of hydrogen-bond donors (Lipinski definition) is 0. The quantitative estimate of drug-likeness (QED) is 0.774. The predicted molar refractivity (Wildman–Crippen MR) is 88.0 cm³/mol. The molecular weight excluding hydrogens is 316 g/mol. The fourth-order valence-corrected chi connectivity index (χ4v) is 4.00. The Kier molecular flexibility index (Phi) is 4.52. The molecule has 1 aliphatic rings. The fraction of sp³-hybridized carbons (Fsp3) is 0.438. The molecule has 0 N–H and O–H groups in total. The molecule has 0 radical (unpaired) electrons. The highest BCUT2D eigenvalue weighted by atomic mass is 32.2. The van der Waals surface area contributed by atoms with Crippen LogP contribution < -0.4 is 5.63 Å². The van der Waals surface area contributed by atoms with Gasteiger partial charge in [-0.3, -0.25) is 0 Å². The van der Waals surface area contributed by atoms with Crippen molar-refractivity contribution in [2.24, 2.45) is 0 Å². The molecule has 23 heavy (non-hydrogen) atoms. The molecule has 1 fully saturated rings. The van der Waals surface area contributed by atoms with Crippen molar-refractivity contribution in [3.63, 3.8) is 0 Å². The van der Waals surface area contributed by atoms with Gasteiger partial charge in [0.2, 0.25) is 10.0 Å². The van der Waals surface area contributed by atoms with Crippen LogP contribution in [0.1, 0.15) is 12.8 Å². The third kappa shape index (κ3) is 3.46. The average molecular weight is 336 g/mol. The van der Waals surface area contributed by atoms with E-state index in [1.54, 1.807) is 19.2 Å². The van der Waals surface area contributed by atoms with E-state index in [0.29, 0.717) is 17.5 Å². The van der Waals surface area contributed by atoms with Gasteiger partial charge in [-0.1, -0.05) is 0 Å². The molecular formula is C16H20N2O4S. The summed E-state index contributed by atoms with van der Waals surface area (Å²) >= 11 is 0. The van der Waals surface area contributed by atoms with Crippen molar-refractivity contribution in [2.75, 3.05) is 33.2 Å². The van der Waals surface area contributed by atoms with Crippen molar-refractivity contribution in [2.45, 2.75) is 17.7 Å². The molecule has 1 aliphatic heterocycles. The maximum absolute atomic E-state index is 12.7. The third-order valence-electron chi connectivity index (χ3n) is 4.23. The fourth-order valence-electron chi connectivity index (χ4n) is 2.80. The van der Waals surface area contributed by atoms with Crippen LogP contribution in [0.2, 0.25) is 0 Å². The second-order valence-corrected chi connectivity index (χ2v) is 7.87. The van der Waals surface area contributed by atoms with Gasteiger partial charge in [0.25, 0.3) is 0 Å². The lowest BCUT2D eigenvalue weighted by Crippen LogP contribution is -2.35. The van der Waals surface area contributed by atoms with Gasteiger partial charge in [-0.25, -0.2) is 13.2 Å². The largest absolute Gasteiger partial charge is 0.423 e. The molecule has 0 atom stereocenters. The van der Waals surface area contributed by atoms with Gasteiger partial charge >= 0.3 is 5.63 Å². The van der Waals surface area contributed by atoms with Crippen molar-refractivity contribution in [1.29, 1.82) is 0 Å². The predicted octanol–water partition coefficient (Wildman–Crippen LogP) is 1.51. The number of nitrogens with zero attached hydrogens (tertiary/aromatic N) is 2. The highest BCUT2D eigenvalue weighted by molar-refractivity contribution is 7.89. The molecule has 0 unspecified atom stereocenters. The maximum Gasteiger partial charge on any atom is 0.336 e. The van der Waals surface area contributed by atoms with Crippen LogP contribution in [0.25, 0.3) is 11.0 Å². The van der Waals surface area contributed by atoms with Gasteiger partial charge in [-0.2, -0.15) is 4.31 Å². The lowest BCUT2D eigenvalue weighted by atomic mass is 10.2. The van der Waals surface area contributed by atoms with Crippen LogP contribution in [0.15, 0.2) is 44.4 Å². The van der Waals surface area contributed by atoms with E-state index in [-0.39, 0.29) is 4.90 Å². The first-order valence-electron chi connectivity index (χ1n) is 7.69. The van der Waals surface area contributed by atoms with Crippen molar-refractivity contribution in [3.8, 4) is 0 Å². The molecule has 0 amide bonds. The Morgan fingerprint density at radius 2 is 1.91 bits per heavy atom. The minimum atomic E-state index is -3.55. The molecule has 6 nitrogen and oxygen atoms in total. The van der Waals surface area contributed by atoms with E-state index in [1.807, 2.05) is 0 Å². The van der Waals surface area contributed by atoms with E-state index in [1.165, 1.54) is 35.3 Å². The molecule has 0 aliphatic carbocycles. The second-order valence-electron chi connectivity index (χ2n) is 5.83. The standard InChI is InChI=1S/C16H20N2O4S/c1-17(10-11-18-8-2-3-9-18)23(20,21)14-5-6-15-13(12-14)4-7-16(19)22-15/h4-7,12H,2-3,8-11H2,1H3. The summed E-state index contributed by atoms with van der Waals surface area (Å²) in [5.74, 6) is 0. The van der Waals surface area contributed by atoms with Crippen molar-refractivity contribution in [1.82, 2.24) is 9.21 Å². The Bertz CT molecular complexity index is 854. The van der Waals surface area contributed by atoms with Gasteiger partial charge in [-0.05, 0) is 50.2 Å². The highest BCUT2D eigenvalue weighted by Gasteiger charge is 2.22. The number of fused-ring (bicyclic) bond motifs is 1. The number of sulfonamides is 1. The minimum Gasteiger partial charge on any atom is -0.423 e. The van der Waals surface area contributed by atoms with Gasteiger partial charge in [0.1, 0.15) is 5.58 Å². The Labute approximate surface area is 135 Å². The first-order chi connectivity index (χ1) is 11.0. The van der Waals surface area contributed by atoms with Gasteiger partial charge in [0.05, 0.1) is 4.90 Å². The molecule has 0 saturated carbocycles. The van der Waals surface area contributed by atoms with Crippen molar-refractivity contribution < 1.29 is 12.8 Å². The summed E-state index contributed by atoms with van der Waals surface area (Å²) in [6.07, 6.45) is 2.37. The van der Waals surface area contributed by atoms with Crippen LogP contribution in [0.3, 0.4) is 0 Å². The third-order valence-corrected chi connectivity index (χ3v) is 6.08. The zero-order valence-electron chi connectivity index (χ0n) is 13.1. The van der Waals surface area contributed by atoms with Gasteiger partial charge in [0, 0.05) is 31.6 Å². The molecule has 1 aromatic carbocycles. The van der Waals surface area contributed by atoms with Crippen LogP contribution in [0.5, 0.6) is 0 Å². The van der Waals surface area contributed by atoms with Crippen LogP contribution in [-0.4, -0.2) is 50.8 Å². The molecule has 1 aromatic heterocycles. The highest BCUT2D eigenvalue weighted by Crippen LogP contribution is 2.20. The topological polar surface area (TPSA) is 70.8 Å². The van der Waals surface area contributed by atoms with Gasteiger partial charge < -0.3 is 9.32 Å². The monoisotopic (exact) mass is 336 g/mol.